The lowest BCUT2D eigenvalue weighted by Gasteiger charge is -2.33. The van der Waals surface area contributed by atoms with Crippen LogP contribution in [0.4, 0.5) is 4.79 Å². The van der Waals surface area contributed by atoms with Gasteiger partial charge in [-0.3, -0.25) is 34.3 Å². The second-order valence-corrected chi connectivity index (χ2v) is 9.41. The average Bonchev–Trinajstić information content (AvgIpc) is 3.13. The lowest BCUT2D eigenvalue weighted by atomic mass is 10.0. The Labute approximate surface area is 216 Å². The number of amides is 5. The molecule has 1 unspecified atom stereocenters. The molecule has 1 aromatic carbocycles. The number of unbranched alkanes of at least 4 members (excludes halogenated alkanes) is 2. The number of rotatable bonds is 7. The number of nitrogens with zero attached hydrogens (tertiary/aromatic N) is 3. The summed E-state index contributed by atoms with van der Waals surface area (Å²) in [5.41, 5.74) is 1.10. The van der Waals surface area contributed by atoms with Gasteiger partial charge in [0, 0.05) is 44.6 Å². The van der Waals surface area contributed by atoms with Gasteiger partial charge in [-0.1, -0.05) is 25.2 Å². The molecule has 1 N–H and O–H groups in total. The molecule has 5 amide bonds. The maximum Gasteiger partial charge on any atom is 0.409 e. The summed E-state index contributed by atoms with van der Waals surface area (Å²) in [6, 6.07) is 3.88. The van der Waals surface area contributed by atoms with Crippen molar-refractivity contribution in [1.29, 1.82) is 0 Å². The molecule has 0 radical (unpaired) electrons. The van der Waals surface area contributed by atoms with Gasteiger partial charge in [-0.2, -0.15) is 0 Å². The second-order valence-electron chi connectivity index (χ2n) is 9.41. The van der Waals surface area contributed by atoms with Crippen LogP contribution in [0.1, 0.15) is 71.7 Å². The van der Waals surface area contributed by atoms with Gasteiger partial charge in [0.1, 0.15) is 6.04 Å². The minimum atomic E-state index is -0.979. The van der Waals surface area contributed by atoms with Crippen LogP contribution < -0.4 is 5.32 Å². The summed E-state index contributed by atoms with van der Waals surface area (Å²) in [6.07, 6.45) is 3.41. The molecule has 0 aromatic heterocycles. The highest BCUT2D eigenvalue weighted by Gasteiger charge is 2.44. The van der Waals surface area contributed by atoms with Crippen molar-refractivity contribution in [2.24, 2.45) is 0 Å². The van der Waals surface area contributed by atoms with Crippen LogP contribution in [0.15, 0.2) is 18.2 Å². The Morgan fingerprint density at radius 2 is 1.81 bits per heavy atom. The van der Waals surface area contributed by atoms with Crippen LogP contribution in [-0.4, -0.2) is 89.8 Å². The summed E-state index contributed by atoms with van der Waals surface area (Å²) in [6.45, 7) is 6.35. The van der Waals surface area contributed by atoms with Crippen LogP contribution >= 0.6 is 0 Å². The molecular formula is C27H32N4O6. The van der Waals surface area contributed by atoms with Crippen LogP contribution in [0.2, 0.25) is 0 Å². The van der Waals surface area contributed by atoms with E-state index in [4.69, 9.17) is 4.74 Å². The maximum atomic E-state index is 12.9. The highest BCUT2D eigenvalue weighted by Crippen LogP contribution is 2.28. The standard InChI is InChI=1S/C27H32N4O6/c1-2-3-17-37-27(36)30-15-13-29(14-16-30)12-6-4-5-7-19-8-9-20-21(18-19)26(35)31(25(20)34)22-10-11-23(32)28-24(22)33/h8-9,18,22H,2-4,6,10-17H2,1H3,(H,28,32,33). The first-order valence-electron chi connectivity index (χ1n) is 12.9. The van der Waals surface area contributed by atoms with Crippen molar-refractivity contribution in [2.45, 2.75) is 51.5 Å². The zero-order valence-corrected chi connectivity index (χ0v) is 21.1. The first-order chi connectivity index (χ1) is 17.9. The Morgan fingerprint density at radius 3 is 2.54 bits per heavy atom. The molecule has 0 bridgehead atoms. The fraction of sp³-hybridized carbons (Fsp3) is 0.519. The van der Waals surface area contributed by atoms with E-state index >= 15 is 0 Å². The molecule has 1 aromatic rings. The van der Waals surface area contributed by atoms with Gasteiger partial charge in [0.25, 0.3) is 11.8 Å². The maximum absolute atomic E-state index is 12.9. The Bertz CT molecular complexity index is 1150. The van der Waals surface area contributed by atoms with Crippen molar-refractivity contribution in [3.05, 3.63) is 34.9 Å². The third kappa shape index (κ3) is 6.17. The molecule has 1 atom stereocenters. The van der Waals surface area contributed by atoms with E-state index < -0.39 is 29.7 Å². The van der Waals surface area contributed by atoms with Crippen molar-refractivity contribution >= 4 is 29.7 Å². The van der Waals surface area contributed by atoms with E-state index in [-0.39, 0.29) is 30.1 Å². The first kappa shape index (κ1) is 26.4. The van der Waals surface area contributed by atoms with E-state index in [9.17, 15) is 24.0 Å². The van der Waals surface area contributed by atoms with Gasteiger partial charge in [-0.25, -0.2) is 4.79 Å². The van der Waals surface area contributed by atoms with Crippen LogP contribution in [0, 0.1) is 11.8 Å². The molecule has 3 aliphatic heterocycles. The van der Waals surface area contributed by atoms with Crippen LogP contribution in [0.25, 0.3) is 0 Å². The Balaban J connectivity index is 1.24. The summed E-state index contributed by atoms with van der Waals surface area (Å²) in [7, 11) is 0. The lowest BCUT2D eigenvalue weighted by molar-refractivity contribution is -0.136. The van der Waals surface area contributed by atoms with Gasteiger partial charge in [0.05, 0.1) is 17.7 Å². The molecule has 0 aliphatic carbocycles. The number of carbonyl (C=O) groups excluding carboxylic acids is 5. The quantitative estimate of drug-likeness (QED) is 0.339. The van der Waals surface area contributed by atoms with E-state index in [0.717, 1.165) is 43.8 Å². The molecule has 0 saturated carbocycles. The van der Waals surface area contributed by atoms with E-state index in [1.165, 1.54) is 0 Å². The number of nitrogens with one attached hydrogen (secondary N) is 1. The number of ether oxygens (including phenoxy) is 1. The number of piperazine rings is 1. The molecule has 2 saturated heterocycles. The third-order valence-corrected chi connectivity index (χ3v) is 6.80. The predicted octanol–water partition coefficient (Wildman–Crippen LogP) is 1.77. The van der Waals surface area contributed by atoms with Crippen LogP contribution in [0.3, 0.4) is 0 Å². The van der Waals surface area contributed by atoms with Gasteiger partial charge in [-0.05, 0) is 44.0 Å². The topological polar surface area (TPSA) is 116 Å². The highest BCUT2D eigenvalue weighted by molar-refractivity contribution is 6.23. The number of hydrogen-bond donors (Lipinski definition) is 1. The zero-order chi connectivity index (χ0) is 26.4. The SMILES string of the molecule is CCCCOC(=O)N1CCN(CCCC#Cc2ccc3c(c2)C(=O)N(C2CCC(=O)NC2=O)C3=O)CC1. The Morgan fingerprint density at radius 1 is 1.05 bits per heavy atom. The van der Waals surface area contributed by atoms with E-state index in [2.05, 4.69) is 29.0 Å². The number of fused-ring (bicyclic) bond motifs is 1. The minimum absolute atomic E-state index is 0.0851. The van der Waals surface area contributed by atoms with Crippen LogP contribution in [0.5, 0.6) is 0 Å². The van der Waals surface area contributed by atoms with Gasteiger partial charge in [0.2, 0.25) is 11.8 Å². The summed E-state index contributed by atoms with van der Waals surface area (Å²) < 4.78 is 5.28. The van der Waals surface area contributed by atoms with Gasteiger partial charge in [-0.15, -0.1) is 0 Å². The highest BCUT2D eigenvalue weighted by atomic mass is 16.6. The molecule has 10 nitrogen and oxygen atoms in total. The van der Waals surface area contributed by atoms with Gasteiger partial charge >= 0.3 is 6.09 Å². The van der Waals surface area contributed by atoms with Crippen LogP contribution in [-0.2, 0) is 14.3 Å². The van der Waals surface area contributed by atoms with E-state index in [1.54, 1.807) is 23.1 Å². The Hall–Kier alpha value is -3.71. The van der Waals surface area contributed by atoms with E-state index in [0.29, 0.717) is 31.7 Å². The van der Waals surface area contributed by atoms with Crippen molar-refractivity contribution in [3.8, 4) is 11.8 Å². The molecular weight excluding hydrogens is 476 g/mol. The van der Waals surface area contributed by atoms with Gasteiger partial charge < -0.3 is 9.64 Å². The normalized spacial score (nSPS) is 19.9. The molecule has 0 spiro atoms. The fourth-order valence-corrected chi connectivity index (χ4v) is 4.65. The number of benzene rings is 1. The largest absolute Gasteiger partial charge is 0.449 e. The van der Waals surface area contributed by atoms with Crippen molar-refractivity contribution in [3.63, 3.8) is 0 Å². The lowest BCUT2D eigenvalue weighted by Crippen LogP contribution is -2.54. The van der Waals surface area contributed by atoms with Gasteiger partial charge in [0.15, 0.2) is 0 Å². The summed E-state index contributed by atoms with van der Waals surface area (Å²) in [5.74, 6) is 4.10. The smallest absolute Gasteiger partial charge is 0.409 e. The average molecular weight is 509 g/mol. The molecule has 3 heterocycles. The second kappa shape index (κ2) is 12.0. The molecule has 4 rings (SSSR count). The van der Waals surface area contributed by atoms with E-state index in [1.807, 2.05) is 0 Å². The molecule has 3 aliphatic rings. The zero-order valence-electron chi connectivity index (χ0n) is 21.1. The van der Waals surface area contributed by atoms with Crippen molar-refractivity contribution in [1.82, 2.24) is 20.0 Å². The molecule has 10 heteroatoms. The minimum Gasteiger partial charge on any atom is -0.449 e. The Kier molecular flexibility index (Phi) is 8.56. The number of piperidine rings is 1. The number of hydrogen-bond acceptors (Lipinski definition) is 7. The third-order valence-electron chi connectivity index (χ3n) is 6.80. The molecule has 37 heavy (non-hydrogen) atoms. The van der Waals surface area contributed by atoms with Crippen molar-refractivity contribution < 1.29 is 28.7 Å². The summed E-state index contributed by atoms with van der Waals surface area (Å²) in [4.78, 5) is 66.4. The monoisotopic (exact) mass is 508 g/mol. The van der Waals surface area contributed by atoms with Crippen molar-refractivity contribution in [2.75, 3.05) is 39.3 Å². The summed E-state index contributed by atoms with van der Waals surface area (Å²) >= 11 is 0. The number of imide groups is 2. The predicted molar refractivity (Wildman–Crippen MR) is 133 cm³/mol. The number of carbonyl (C=O) groups is 5. The molecule has 2 fully saturated rings. The molecule has 196 valence electrons. The fourth-order valence-electron chi connectivity index (χ4n) is 4.65. The first-order valence-corrected chi connectivity index (χ1v) is 12.9. The summed E-state index contributed by atoms with van der Waals surface area (Å²) in [5, 5.41) is 2.19.